The predicted octanol–water partition coefficient (Wildman–Crippen LogP) is 3.05. The molecule has 2 aliphatic carbocycles. The van der Waals surface area contributed by atoms with Crippen LogP contribution in [0, 0.1) is 17.8 Å². The first-order valence-corrected chi connectivity index (χ1v) is 10.4. The number of alkyl halides is 2. The molecule has 6 nitrogen and oxygen atoms in total. The fourth-order valence-corrected chi connectivity index (χ4v) is 5.51. The molecule has 2 aliphatic heterocycles. The molecule has 152 valence electrons. The van der Waals surface area contributed by atoms with Gasteiger partial charge in [-0.15, -0.1) is 0 Å². The Hall–Kier alpha value is -1.99. The maximum absolute atomic E-state index is 14.5. The van der Waals surface area contributed by atoms with Gasteiger partial charge in [-0.3, -0.25) is 4.79 Å². The third kappa shape index (κ3) is 2.83. The number of rotatable bonds is 4. The molecule has 1 aromatic rings. The zero-order valence-electron chi connectivity index (χ0n) is 16.1. The van der Waals surface area contributed by atoms with E-state index in [-0.39, 0.29) is 30.5 Å². The third-order valence-corrected chi connectivity index (χ3v) is 7.15. The molecule has 3 heterocycles. The minimum absolute atomic E-state index is 0.0899. The van der Waals surface area contributed by atoms with E-state index in [1.807, 2.05) is 0 Å². The highest BCUT2D eigenvalue weighted by Gasteiger charge is 2.57. The molecule has 8 heteroatoms. The lowest BCUT2D eigenvalue weighted by Crippen LogP contribution is -2.39. The molecule has 4 aliphatic rings. The van der Waals surface area contributed by atoms with Gasteiger partial charge < -0.3 is 14.9 Å². The number of fused-ring (bicyclic) bond motifs is 2. The molecule has 3 fully saturated rings. The average molecular weight is 392 g/mol. The van der Waals surface area contributed by atoms with Crippen LogP contribution in [0.4, 0.5) is 20.5 Å². The Kier molecular flexibility index (Phi) is 4.04. The Labute approximate surface area is 162 Å². The van der Waals surface area contributed by atoms with Crippen LogP contribution in [0.3, 0.4) is 0 Å². The minimum atomic E-state index is -2.89. The molecule has 1 N–H and O–H groups in total. The Balaban J connectivity index is 1.46. The molecule has 0 bridgehead atoms. The average Bonchev–Trinajstić information content (AvgIpc) is 2.99. The molecule has 0 aromatic carbocycles. The molecular weight excluding hydrogens is 366 g/mol. The van der Waals surface area contributed by atoms with E-state index in [0.29, 0.717) is 48.7 Å². The van der Waals surface area contributed by atoms with E-state index in [1.54, 1.807) is 0 Å². The molecule has 4 atom stereocenters. The first-order valence-electron chi connectivity index (χ1n) is 10.4. The summed E-state index contributed by atoms with van der Waals surface area (Å²) in [5.74, 6) is -1.63. The van der Waals surface area contributed by atoms with E-state index in [9.17, 15) is 13.6 Å². The van der Waals surface area contributed by atoms with Gasteiger partial charge in [0.25, 0.3) is 5.92 Å². The van der Waals surface area contributed by atoms with E-state index >= 15 is 0 Å². The van der Waals surface area contributed by atoms with Gasteiger partial charge >= 0.3 is 5.97 Å². The fourth-order valence-electron chi connectivity index (χ4n) is 5.51. The van der Waals surface area contributed by atoms with Crippen LogP contribution in [0.2, 0.25) is 0 Å². The lowest BCUT2D eigenvalue weighted by atomic mass is 10.0. The number of aromatic nitrogens is 2. The van der Waals surface area contributed by atoms with Gasteiger partial charge in [-0.05, 0) is 50.4 Å². The second kappa shape index (κ2) is 6.26. The van der Waals surface area contributed by atoms with Gasteiger partial charge in [0.05, 0.1) is 0 Å². The van der Waals surface area contributed by atoms with Crippen LogP contribution in [0.1, 0.15) is 50.3 Å². The largest absolute Gasteiger partial charge is 0.481 e. The van der Waals surface area contributed by atoms with Crippen LogP contribution in [0.25, 0.3) is 0 Å². The first kappa shape index (κ1) is 18.1. The van der Waals surface area contributed by atoms with Crippen molar-refractivity contribution in [2.45, 2.75) is 57.4 Å². The van der Waals surface area contributed by atoms with E-state index in [1.165, 1.54) is 0 Å². The maximum Gasteiger partial charge on any atom is 0.303 e. The van der Waals surface area contributed by atoms with E-state index in [4.69, 9.17) is 10.1 Å². The lowest BCUT2D eigenvalue weighted by Gasteiger charge is -2.34. The van der Waals surface area contributed by atoms with Crippen molar-refractivity contribution in [3.05, 3.63) is 11.3 Å². The number of aliphatic carboxylic acids is 1. The van der Waals surface area contributed by atoms with Gasteiger partial charge in [0.1, 0.15) is 11.5 Å². The summed E-state index contributed by atoms with van der Waals surface area (Å²) in [4.78, 5) is 24.3. The van der Waals surface area contributed by atoms with Crippen molar-refractivity contribution in [1.29, 1.82) is 0 Å². The molecular formula is C20H26F2N4O2. The van der Waals surface area contributed by atoms with Crippen molar-refractivity contribution in [3.63, 3.8) is 0 Å². The summed E-state index contributed by atoms with van der Waals surface area (Å²) >= 11 is 0. The number of halogens is 2. The number of hydrogen-bond acceptors (Lipinski definition) is 5. The highest BCUT2D eigenvalue weighted by Crippen LogP contribution is 2.55. The van der Waals surface area contributed by atoms with Gasteiger partial charge in [0.15, 0.2) is 0 Å². The SMILES string of the molecule is CC1CCCCN1c1nc(N2C[C@@H]3C(CC(=O)O)[C@@H]3C2)c2c(n1)C(F)(F)CC2. The molecule has 0 amide bonds. The standard InChI is InChI=1S/C20H26F2N4O2/c1-11-4-2-3-7-26(11)19-23-17-12(5-6-20(17,21)22)18(24-19)25-9-14-13(8-16(27)28)15(14)10-25/h11,13-15H,2-10H2,1H3,(H,27,28)/t11?,13?,14-,15+. The number of piperidine rings is 2. The van der Waals surface area contributed by atoms with Crippen molar-refractivity contribution >= 4 is 17.7 Å². The maximum atomic E-state index is 14.5. The van der Waals surface area contributed by atoms with Crippen LogP contribution in [0.15, 0.2) is 0 Å². The fraction of sp³-hybridized carbons (Fsp3) is 0.750. The van der Waals surface area contributed by atoms with Gasteiger partial charge in [0, 0.05) is 44.1 Å². The van der Waals surface area contributed by atoms with Crippen LogP contribution in [0.5, 0.6) is 0 Å². The second-order valence-corrected chi connectivity index (χ2v) is 8.91. The molecule has 28 heavy (non-hydrogen) atoms. The summed E-state index contributed by atoms with van der Waals surface area (Å²) in [5.41, 5.74) is 0.502. The van der Waals surface area contributed by atoms with Crippen molar-refractivity contribution < 1.29 is 18.7 Å². The van der Waals surface area contributed by atoms with Crippen LogP contribution in [-0.4, -0.2) is 46.7 Å². The summed E-state index contributed by atoms with van der Waals surface area (Å²) < 4.78 is 29.1. The minimum Gasteiger partial charge on any atom is -0.481 e. The molecule has 0 radical (unpaired) electrons. The predicted molar refractivity (Wildman–Crippen MR) is 99.8 cm³/mol. The molecule has 2 unspecified atom stereocenters. The monoisotopic (exact) mass is 392 g/mol. The van der Waals surface area contributed by atoms with E-state index < -0.39 is 11.9 Å². The molecule has 2 saturated heterocycles. The van der Waals surface area contributed by atoms with Crippen molar-refractivity contribution in [1.82, 2.24) is 9.97 Å². The highest BCUT2D eigenvalue weighted by atomic mass is 19.3. The van der Waals surface area contributed by atoms with E-state index in [0.717, 1.165) is 25.8 Å². The quantitative estimate of drug-likeness (QED) is 0.849. The highest BCUT2D eigenvalue weighted by molar-refractivity contribution is 5.68. The number of hydrogen-bond donors (Lipinski definition) is 1. The van der Waals surface area contributed by atoms with Gasteiger partial charge in [0.2, 0.25) is 5.95 Å². The van der Waals surface area contributed by atoms with Crippen LogP contribution in [-0.2, 0) is 17.1 Å². The van der Waals surface area contributed by atoms with Crippen molar-refractivity contribution in [3.8, 4) is 0 Å². The van der Waals surface area contributed by atoms with Gasteiger partial charge in [-0.25, -0.2) is 4.98 Å². The van der Waals surface area contributed by atoms with E-state index in [2.05, 4.69) is 21.7 Å². The summed E-state index contributed by atoms with van der Waals surface area (Å²) in [6, 6.07) is 0.251. The van der Waals surface area contributed by atoms with Gasteiger partial charge in [-0.1, -0.05) is 0 Å². The summed E-state index contributed by atoms with van der Waals surface area (Å²) in [6.07, 6.45) is 3.51. The Morgan fingerprint density at radius 2 is 2.00 bits per heavy atom. The molecule has 0 spiro atoms. The Morgan fingerprint density at radius 1 is 1.25 bits per heavy atom. The number of anilines is 2. The molecule has 1 saturated carbocycles. The number of carboxylic acid groups (broad SMARTS) is 1. The van der Waals surface area contributed by atoms with Gasteiger partial charge in [-0.2, -0.15) is 13.8 Å². The Bertz CT molecular complexity index is 806. The van der Waals surface area contributed by atoms with Crippen LogP contribution >= 0.6 is 0 Å². The zero-order chi connectivity index (χ0) is 19.6. The van der Waals surface area contributed by atoms with Crippen molar-refractivity contribution in [2.75, 3.05) is 29.4 Å². The lowest BCUT2D eigenvalue weighted by molar-refractivity contribution is -0.137. The third-order valence-electron chi connectivity index (χ3n) is 7.15. The van der Waals surface area contributed by atoms with Crippen molar-refractivity contribution in [2.24, 2.45) is 17.8 Å². The second-order valence-electron chi connectivity index (χ2n) is 8.91. The first-order chi connectivity index (χ1) is 13.3. The summed E-state index contributed by atoms with van der Waals surface area (Å²) in [7, 11) is 0. The zero-order valence-corrected chi connectivity index (χ0v) is 16.1. The Morgan fingerprint density at radius 3 is 2.68 bits per heavy atom. The smallest absolute Gasteiger partial charge is 0.303 e. The number of carboxylic acids is 1. The molecule has 1 aromatic heterocycles. The summed E-state index contributed by atoms with van der Waals surface area (Å²) in [6.45, 7) is 4.34. The number of carbonyl (C=O) groups is 1. The molecule has 5 rings (SSSR count). The topological polar surface area (TPSA) is 69.6 Å². The van der Waals surface area contributed by atoms with Crippen LogP contribution < -0.4 is 9.80 Å². The summed E-state index contributed by atoms with van der Waals surface area (Å²) in [5, 5.41) is 9.03. The number of nitrogens with zero attached hydrogens (tertiary/aromatic N) is 4. The normalized spacial score (nSPS) is 33.0.